The van der Waals surface area contributed by atoms with Crippen molar-refractivity contribution in [3.05, 3.63) is 54.1 Å². The molecule has 3 amide bonds. The summed E-state index contributed by atoms with van der Waals surface area (Å²) in [5, 5.41) is 15.4. The van der Waals surface area contributed by atoms with Crippen LogP contribution in [0.1, 0.15) is 45.2 Å². The smallest absolute Gasteiger partial charge is 0.318 e. The molecular formula is C24H32N4O5S. The number of sulfonamides is 1. The van der Waals surface area contributed by atoms with Crippen molar-refractivity contribution in [2.75, 3.05) is 25.0 Å². The number of rotatable bonds is 7. The van der Waals surface area contributed by atoms with E-state index in [0.717, 1.165) is 5.56 Å². The zero-order valence-corrected chi connectivity index (χ0v) is 20.5. The minimum atomic E-state index is -3.66. The lowest BCUT2D eigenvalue weighted by molar-refractivity contribution is -0.114. The summed E-state index contributed by atoms with van der Waals surface area (Å²) < 4.78 is 27.4. The number of piperidine rings is 1. The fourth-order valence-electron chi connectivity index (χ4n) is 4.12. The fourth-order valence-corrected chi connectivity index (χ4v) is 5.59. The predicted molar refractivity (Wildman–Crippen MR) is 130 cm³/mol. The van der Waals surface area contributed by atoms with Gasteiger partial charge in [0.05, 0.1) is 10.9 Å². The summed E-state index contributed by atoms with van der Waals surface area (Å²) >= 11 is 0. The Bertz CT molecular complexity index is 1110. The van der Waals surface area contributed by atoms with Crippen molar-refractivity contribution >= 4 is 27.6 Å². The maximum atomic E-state index is 13.0. The fraction of sp³-hybridized carbons (Fsp3) is 0.417. The number of hydrogen-bond acceptors (Lipinski definition) is 5. The molecule has 1 saturated heterocycles. The first kappa shape index (κ1) is 25.5. The van der Waals surface area contributed by atoms with Crippen LogP contribution in [-0.4, -0.2) is 60.3 Å². The maximum Gasteiger partial charge on any atom is 0.318 e. The van der Waals surface area contributed by atoms with Crippen LogP contribution < -0.4 is 10.6 Å². The van der Waals surface area contributed by atoms with Crippen molar-refractivity contribution in [2.24, 2.45) is 0 Å². The number of phenols is 1. The molecule has 34 heavy (non-hydrogen) atoms. The van der Waals surface area contributed by atoms with E-state index in [2.05, 4.69) is 10.6 Å². The first-order valence-corrected chi connectivity index (χ1v) is 12.8. The van der Waals surface area contributed by atoms with Crippen LogP contribution in [0.2, 0.25) is 0 Å². The number of hydrogen-bond donors (Lipinski definition) is 3. The SMILES string of the molecule is CCN(C(=O)NC1CCN(S(=O)(=O)c2ccc(NC(C)=O)cc2)CC1)C(C)c1cccc(O)c1. The molecule has 0 aliphatic carbocycles. The van der Waals surface area contributed by atoms with Crippen molar-refractivity contribution in [3.8, 4) is 5.75 Å². The van der Waals surface area contributed by atoms with Gasteiger partial charge in [-0.15, -0.1) is 0 Å². The Kier molecular flexibility index (Phi) is 8.16. The summed E-state index contributed by atoms with van der Waals surface area (Å²) in [7, 11) is -3.66. The molecule has 10 heteroatoms. The van der Waals surface area contributed by atoms with Gasteiger partial charge in [-0.05, 0) is 68.7 Å². The van der Waals surface area contributed by atoms with Crippen LogP contribution in [0.5, 0.6) is 5.75 Å². The minimum Gasteiger partial charge on any atom is -0.508 e. The molecule has 1 unspecified atom stereocenters. The van der Waals surface area contributed by atoms with Gasteiger partial charge in [-0.1, -0.05) is 12.1 Å². The molecule has 1 aliphatic heterocycles. The van der Waals surface area contributed by atoms with E-state index < -0.39 is 10.0 Å². The first-order valence-electron chi connectivity index (χ1n) is 11.4. The van der Waals surface area contributed by atoms with Gasteiger partial charge in [-0.25, -0.2) is 13.2 Å². The molecule has 184 valence electrons. The summed E-state index contributed by atoms with van der Waals surface area (Å²) in [6.45, 7) is 6.28. The van der Waals surface area contributed by atoms with Gasteiger partial charge < -0.3 is 20.6 Å². The molecule has 0 radical (unpaired) electrons. The van der Waals surface area contributed by atoms with Gasteiger partial charge >= 0.3 is 6.03 Å². The van der Waals surface area contributed by atoms with E-state index in [-0.39, 0.29) is 34.7 Å². The van der Waals surface area contributed by atoms with Gasteiger partial charge in [0.2, 0.25) is 15.9 Å². The number of phenolic OH excluding ortho intramolecular Hbond substituents is 1. The Balaban J connectivity index is 1.58. The summed E-state index contributed by atoms with van der Waals surface area (Å²) in [6, 6.07) is 12.4. The second-order valence-corrected chi connectivity index (χ2v) is 10.3. The normalized spacial score (nSPS) is 16.0. The molecule has 0 spiro atoms. The quantitative estimate of drug-likeness (QED) is 0.553. The van der Waals surface area contributed by atoms with Gasteiger partial charge in [0.25, 0.3) is 0 Å². The van der Waals surface area contributed by atoms with Crippen LogP contribution in [0.15, 0.2) is 53.4 Å². The van der Waals surface area contributed by atoms with Crippen molar-refractivity contribution in [1.82, 2.24) is 14.5 Å². The molecule has 1 aliphatic rings. The number of nitrogens with zero attached hydrogens (tertiary/aromatic N) is 2. The van der Waals surface area contributed by atoms with Crippen molar-refractivity contribution in [3.63, 3.8) is 0 Å². The molecule has 1 atom stereocenters. The van der Waals surface area contributed by atoms with E-state index in [9.17, 15) is 23.1 Å². The topological polar surface area (TPSA) is 119 Å². The third-order valence-corrected chi connectivity index (χ3v) is 7.93. The molecule has 2 aromatic carbocycles. The van der Waals surface area contributed by atoms with E-state index in [1.54, 1.807) is 35.2 Å². The summed E-state index contributed by atoms with van der Waals surface area (Å²) in [5.74, 6) is -0.0724. The summed E-state index contributed by atoms with van der Waals surface area (Å²) in [6.07, 6.45) is 1.01. The molecular weight excluding hydrogens is 456 g/mol. The molecule has 2 aromatic rings. The molecule has 1 heterocycles. The molecule has 0 saturated carbocycles. The highest BCUT2D eigenvalue weighted by atomic mass is 32.2. The highest BCUT2D eigenvalue weighted by Gasteiger charge is 2.31. The maximum absolute atomic E-state index is 13.0. The zero-order chi connectivity index (χ0) is 24.9. The lowest BCUT2D eigenvalue weighted by atomic mass is 10.1. The molecule has 0 aromatic heterocycles. The standard InChI is InChI=1S/C24H32N4O5S/c1-4-28(17(2)19-6-5-7-22(30)16-19)24(31)26-21-12-14-27(15-13-21)34(32,33)23-10-8-20(9-11-23)25-18(3)29/h5-11,16-17,21,30H,4,12-15H2,1-3H3,(H,25,29)(H,26,31). The second-order valence-electron chi connectivity index (χ2n) is 8.39. The lowest BCUT2D eigenvalue weighted by Crippen LogP contribution is -2.50. The number of nitrogens with one attached hydrogen (secondary N) is 2. The van der Waals surface area contributed by atoms with E-state index in [0.29, 0.717) is 38.2 Å². The van der Waals surface area contributed by atoms with Crippen LogP contribution >= 0.6 is 0 Å². The molecule has 3 rings (SSSR count). The third kappa shape index (κ3) is 6.06. The summed E-state index contributed by atoms with van der Waals surface area (Å²) in [4.78, 5) is 26.0. The molecule has 0 bridgehead atoms. The van der Waals surface area contributed by atoms with Crippen LogP contribution in [0.25, 0.3) is 0 Å². The number of carbonyl (C=O) groups excluding carboxylic acids is 2. The third-order valence-electron chi connectivity index (χ3n) is 6.02. The first-order chi connectivity index (χ1) is 16.1. The van der Waals surface area contributed by atoms with Gasteiger partial charge in [-0.2, -0.15) is 4.31 Å². The van der Waals surface area contributed by atoms with E-state index >= 15 is 0 Å². The van der Waals surface area contributed by atoms with Crippen LogP contribution in [0, 0.1) is 0 Å². The number of urea groups is 1. The second kappa shape index (κ2) is 10.9. The zero-order valence-electron chi connectivity index (χ0n) is 19.7. The number of carbonyl (C=O) groups is 2. The van der Waals surface area contributed by atoms with Gasteiger partial charge in [0, 0.05) is 38.3 Å². The van der Waals surface area contributed by atoms with Crippen LogP contribution in [-0.2, 0) is 14.8 Å². The predicted octanol–water partition coefficient (Wildman–Crippen LogP) is 3.30. The van der Waals surface area contributed by atoms with Crippen LogP contribution in [0.4, 0.5) is 10.5 Å². The Morgan fingerprint density at radius 3 is 2.35 bits per heavy atom. The number of anilines is 1. The summed E-state index contributed by atoms with van der Waals surface area (Å²) in [5.41, 5.74) is 1.37. The van der Waals surface area contributed by atoms with Crippen molar-refractivity contribution in [1.29, 1.82) is 0 Å². The van der Waals surface area contributed by atoms with E-state index in [4.69, 9.17) is 0 Å². The number of aromatic hydroxyl groups is 1. The molecule has 3 N–H and O–H groups in total. The van der Waals surface area contributed by atoms with Gasteiger partial charge in [0.15, 0.2) is 0 Å². The van der Waals surface area contributed by atoms with Crippen molar-refractivity contribution in [2.45, 2.75) is 50.6 Å². The number of amides is 3. The highest BCUT2D eigenvalue weighted by molar-refractivity contribution is 7.89. The Labute approximate surface area is 200 Å². The highest BCUT2D eigenvalue weighted by Crippen LogP contribution is 2.25. The lowest BCUT2D eigenvalue weighted by Gasteiger charge is -2.34. The average molecular weight is 489 g/mol. The van der Waals surface area contributed by atoms with E-state index in [1.165, 1.54) is 23.4 Å². The molecule has 9 nitrogen and oxygen atoms in total. The Morgan fingerprint density at radius 2 is 1.79 bits per heavy atom. The van der Waals surface area contributed by atoms with Gasteiger partial charge in [0.1, 0.15) is 5.75 Å². The minimum absolute atomic E-state index is 0.133. The van der Waals surface area contributed by atoms with Crippen LogP contribution in [0.3, 0.4) is 0 Å². The van der Waals surface area contributed by atoms with Gasteiger partial charge in [-0.3, -0.25) is 4.79 Å². The van der Waals surface area contributed by atoms with E-state index in [1.807, 2.05) is 19.9 Å². The monoisotopic (exact) mass is 488 g/mol. The number of benzene rings is 2. The Hall–Kier alpha value is -3.11. The Morgan fingerprint density at radius 1 is 1.15 bits per heavy atom. The molecule has 1 fully saturated rings. The average Bonchev–Trinajstić information content (AvgIpc) is 2.80. The van der Waals surface area contributed by atoms with Crippen molar-refractivity contribution < 1.29 is 23.1 Å². The largest absolute Gasteiger partial charge is 0.508 e.